The quantitative estimate of drug-likeness (QED) is 0.873. The van der Waals surface area contributed by atoms with Crippen molar-refractivity contribution in [1.82, 2.24) is 5.32 Å². The molecule has 0 saturated heterocycles. The lowest BCUT2D eigenvalue weighted by Gasteiger charge is -2.32. The van der Waals surface area contributed by atoms with Crippen molar-refractivity contribution >= 4 is 11.9 Å². The number of nitrogens with one attached hydrogen (secondary N) is 1. The minimum absolute atomic E-state index is 0.0914. The first-order valence-electron chi connectivity index (χ1n) is 7.28. The van der Waals surface area contributed by atoms with Crippen molar-refractivity contribution in [2.45, 2.75) is 31.1 Å². The number of carboxylic acids is 1. The molecule has 2 atom stereocenters. The van der Waals surface area contributed by atoms with Crippen LogP contribution in [0.4, 0.5) is 4.39 Å². The van der Waals surface area contributed by atoms with Crippen LogP contribution in [-0.2, 0) is 15.0 Å². The summed E-state index contributed by atoms with van der Waals surface area (Å²) in [5, 5.41) is 11.9. The van der Waals surface area contributed by atoms with Gasteiger partial charge in [0.05, 0.1) is 11.8 Å². The van der Waals surface area contributed by atoms with Gasteiger partial charge < -0.3 is 10.4 Å². The molecule has 0 aromatic heterocycles. The Morgan fingerprint density at radius 2 is 1.81 bits per heavy atom. The van der Waals surface area contributed by atoms with E-state index in [0.29, 0.717) is 19.4 Å². The average molecular weight is 291 g/mol. The smallest absolute Gasteiger partial charge is 0.307 e. The topological polar surface area (TPSA) is 66.4 Å². The van der Waals surface area contributed by atoms with Gasteiger partial charge >= 0.3 is 5.97 Å². The van der Waals surface area contributed by atoms with Crippen molar-refractivity contribution in [3.63, 3.8) is 0 Å². The monoisotopic (exact) mass is 291 g/mol. The van der Waals surface area contributed by atoms with Gasteiger partial charge in [-0.3, -0.25) is 9.59 Å². The fraction of sp³-hybridized carbons (Fsp3) is 0.500. The van der Waals surface area contributed by atoms with E-state index >= 15 is 0 Å². The van der Waals surface area contributed by atoms with Crippen LogP contribution in [0.5, 0.6) is 0 Å². The molecule has 0 bridgehead atoms. The predicted molar refractivity (Wildman–Crippen MR) is 74.2 cm³/mol. The molecule has 2 aliphatic carbocycles. The van der Waals surface area contributed by atoms with Gasteiger partial charge in [-0.1, -0.05) is 12.1 Å². The van der Waals surface area contributed by atoms with Crippen LogP contribution in [0.3, 0.4) is 0 Å². The van der Waals surface area contributed by atoms with Crippen LogP contribution in [0.2, 0.25) is 0 Å². The lowest BCUT2D eigenvalue weighted by Crippen LogP contribution is -2.45. The summed E-state index contributed by atoms with van der Waals surface area (Å²) in [6.45, 7) is 0.500. The summed E-state index contributed by atoms with van der Waals surface area (Å²) in [5.74, 6) is -2.25. The summed E-state index contributed by atoms with van der Waals surface area (Å²) in [6, 6.07) is 6.39. The zero-order chi connectivity index (χ0) is 15.0. The molecule has 3 rings (SSSR count). The number of carbonyl (C=O) groups excluding carboxylic acids is 1. The fourth-order valence-corrected chi connectivity index (χ4v) is 3.02. The number of rotatable bonds is 5. The van der Waals surface area contributed by atoms with E-state index in [4.69, 9.17) is 5.11 Å². The van der Waals surface area contributed by atoms with Gasteiger partial charge in [-0.2, -0.15) is 0 Å². The lowest BCUT2D eigenvalue weighted by molar-refractivity contribution is -0.152. The maximum Gasteiger partial charge on any atom is 0.307 e. The van der Waals surface area contributed by atoms with Crippen molar-refractivity contribution < 1.29 is 19.1 Å². The summed E-state index contributed by atoms with van der Waals surface area (Å²) in [6.07, 6.45) is 3.15. The highest BCUT2D eigenvalue weighted by Crippen LogP contribution is 2.47. The zero-order valence-corrected chi connectivity index (χ0v) is 11.6. The van der Waals surface area contributed by atoms with Crippen molar-refractivity contribution in [1.29, 1.82) is 0 Å². The van der Waals surface area contributed by atoms with Crippen molar-refractivity contribution in [3.05, 3.63) is 35.6 Å². The highest BCUT2D eigenvalue weighted by atomic mass is 19.1. The second-order valence-electron chi connectivity index (χ2n) is 6.13. The van der Waals surface area contributed by atoms with Crippen LogP contribution in [0.25, 0.3) is 0 Å². The number of amides is 1. The number of aliphatic carboxylic acids is 1. The average Bonchev–Trinajstić information content (AvgIpc) is 3.16. The molecule has 0 spiro atoms. The highest BCUT2D eigenvalue weighted by molar-refractivity contribution is 5.86. The molecule has 2 aliphatic rings. The second-order valence-corrected chi connectivity index (χ2v) is 6.13. The molecule has 2 saturated carbocycles. The van der Waals surface area contributed by atoms with Gasteiger partial charge in [0.15, 0.2) is 0 Å². The molecule has 4 nitrogen and oxygen atoms in total. The van der Waals surface area contributed by atoms with Gasteiger partial charge in [0, 0.05) is 12.0 Å². The molecule has 21 heavy (non-hydrogen) atoms. The molecule has 0 radical (unpaired) electrons. The Kier molecular flexibility index (Phi) is 3.43. The van der Waals surface area contributed by atoms with Crippen molar-refractivity contribution in [2.75, 3.05) is 6.54 Å². The first-order chi connectivity index (χ1) is 10.0. The van der Waals surface area contributed by atoms with Gasteiger partial charge in [-0.05, 0) is 43.4 Å². The number of carboxylic acid groups (broad SMARTS) is 1. The molecule has 0 heterocycles. The van der Waals surface area contributed by atoms with Gasteiger partial charge in [0.2, 0.25) is 5.91 Å². The molecule has 0 aliphatic heterocycles. The Bertz CT molecular complexity index is 565. The molecule has 112 valence electrons. The number of benzene rings is 1. The van der Waals surface area contributed by atoms with E-state index < -0.39 is 17.8 Å². The Morgan fingerprint density at radius 1 is 1.19 bits per heavy atom. The summed E-state index contributed by atoms with van der Waals surface area (Å²) in [4.78, 5) is 23.0. The normalized spacial score (nSPS) is 25.8. The van der Waals surface area contributed by atoms with Crippen LogP contribution in [0.1, 0.15) is 31.2 Å². The van der Waals surface area contributed by atoms with E-state index in [9.17, 15) is 14.0 Å². The van der Waals surface area contributed by atoms with E-state index in [1.165, 1.54) is 12.1 Å². The van der Waals surface area contributed by atoms with E-state index in [1.807, 2.05) is 0 Å². The van der Waals surface area contributed by atoms with Crippen molar-refractivity contribution in [3.8, 4) is 0 Å². The standard InChI is InChI=1S/C16H18FNO3/c17-11-3-1-10(2-4-11)16(7-8-16)9-18-14(19)12-5-6-13(12)15(20)21/h1-4,12-13H,5-9H2,(H,18,19)(H,20,21). The fourth-order valence-electron chi connectivity index (χ4n) is 3.02. The summed E-state index contributed by atoms with van der Waals surface area (Å²) in [5.41, 5.74) is 0.943. The summed E-state index contributed by atoms with van der Waals surface area (Å²) in [7, 11) is 0. The van der Waals surface area contributed by atoms with Crippen LogP contribution in [-0.4, -0.2) is 23.5 Å². The van der Waals surface area contributed by atoms with E-state index in [2.05, 4.69) is 5.32 Å². The molecular weight excluding hydrogens is 273 g/mol. The Labute approximate surface area is 122 Å². The summed E-state index contributed by atoms with van der Waals surface area (Å²) < 4.78 is 13.0. The third-order valence-electron chi connectivity index (χ3n) is 4.84. The number of halogens is 1. The maximum atomic E-state index is 13.0. The lowest BCUT2D eigenvalue weighted by atomic mass is 9.73. The molecule has 1 aromatic rings. The van der Waals surface area contributed by atoms with Gasteiger partial charge in [0.25, 0.3) is 0 Å². The van der Waals surface area contributed by atoms with E-state index in [1.54, 1.807) is 12.1 Å². The van der Waals surface area contributed by atoms with Crippen LogP contribution in [0.15, 0.2) is 24.3 Å². The third kappa shape index (κ3) is 2.64. The highest BCUT2D eigenvalue weighted by Gasteiger charge is 2.46. The van der Waals surface area contributed by atoms with Gasteiger partial charge in [-0.15, -0.1) is 0 Å². The number of carbonyl (C=O) groups is 2. The molecule has 2 N–H and O–H groups in total. The molecule has 2 fully saturated rings. The number of hydrogen-bond acceptors (Lipinski definition) is 2. The van der Waals surface area contributed by atoms with E-state index in [-0.39, 0.29) is 17.1 Å². The predicted octanol–water partition coefficient (Wildman–Crippen LogP) is 2.08. The molecular formula is C16H18FNO3. The Balaban J connectivity index is 1.59. The maximum absolute atomic E-state index is 13.0. The zero-order valence-electron chi connectivity index (χ0n) is 11.6. The largest absolute Gasteiger partial charge is 0.481 e. The molecule has 5 heteroatoms. The number of hydrogen-bond donors (Lipinski definition) is 2. The van der Waals surface area contributed by atoms with Crippen LogP contribution >= 0.6 is 0 Å². The third-order valence-corrected chi connectivity index (χ3v) is 4.84. The Morgan fingerprint density at radius 3 is 2.29 bits per heavy atom. The minimum atomic E-state index is -0.888. The first kappa shape index (κ1) is 14.0. The summed E-state index contributed by atoms with van der Waals surface area (Å²) >= 11 is 0. The molecule has 1 aromatic carbocycles. The van der Waals surface area contributed by atoms with Crippen LogP contribution in [0, 0.1) is 17.7 Å². The van der Waals surface area contributed by atoms with Gasteiger partial charge in [-0.25, -0.2) is 4.39 Å². The minimum Gasteiger partial charge on any atom is -0.481 e. The second kappa shape index (κ2) is 5.13. The molecule has 1 amide bonds. The van der Waals surface area contributed by atoms with E-state index in [0.717, 1.165) is 18.4 Å². The van der Waals surface area contributed by atoms with Crippen LogP contribution < -0.4 is 5.32 Å². The SMILES string of the molecule is O=C(O)C1CCC1C(=O)NCC1(c2ccc(F)cc2)CC1. The first-order valence-corrected chi connectivity index (χ1v) is 7.28. The molecule has 2 unspecified atom stereocenters. The Hall–Kier alpha value is -1.91. The van der Waals surface area contributed by atoms with Crippen molar-refractivity contribution in [2.24, 2.45) is 11.8 Å². The van der Waals surface area contributed by atoms with Gasteiger partial charge in [0.1, 0.15) is 5.82 Å².